The molecule has 0 spiro atoms. The summed E-state index contributed by atoms with van der Waals surface area (Å²) in [5.41, 5.74) is 1.06. The molecule has 0 radical (unpaired) electrons. The average Bonchev–Trinajstić information content (AvgIpc) is 2.88. The van der Waals surface area contributed by atoms with Crippen LogP contribution in [0.1, 0.15) is 10.6 Å². The molecule has 0 bridgehead atoms. The van der Waals surface area contributed by atoms with Gasteiger partial charge in [-0.05, 0) is 7.05 Å². The number of rotatable bonds is 8. The Kier molecular flexibility index (Phi) is 6.85. The Morgan fingerprint density at radius 1 is 1.19 bits per heavy atom. The van der Waals surface area contributed by atoms with Crippen molar-refractivity contribution in [2.24, 2.45) is 0 Å². The van der Waals surface area contributed by atoms with E-state index < -0.39 is 0 Å². The number of aromatic nitrogens is 1. The van der Waals surface area contributed by atoms with Crippen molar-refractivity contribution >= 4 is 16.5 Å². The van der Waals surface area contributed by atoms with E-state index in [1.54, 1.807) is 25.6 Å². The van der Waals surface area contributed by atoms with Gasteiger partial charge in [-0.2, -0.15) is 0 Å². The third-order valence-corrected chi connectivity index (χ3v) is 4.75. The number of nitrogens with one attached hydrogen (secondary N) is 1. The molecule has 1 saturated heterocycles. The van der Waals surface area contributed by atoms with Gasteiger partial charge in [0.15, 0.2) is 5.13 Å². The molecular formula is C14H26N4O2S. The van der Waals surface area contributed by atoms with Gasteiger partial charge in [0.25, 0.3) is 0 Å². The van der Waals surface area contributed by atoms with Crippen LogP contribution in [-0.4, -0.2) is 70.5 Å². The maximum Gasteiger partial charge on any atom is 0.186 e. The molecular weight excluding hydrogens is 288 g/mol. The molecule has 6 nitrogen and oxygen atoms in total. The number of anilines is 1. The topological polar surface area (TPSA) is 49.9 Å². The molecule has 0 aliphatic carbocycles. The monoisotopic (exact) mass is 314 g/mol. The van der Waals surface area contributed by atoms with Gasteiger partial charge in [0.1, 0.15) is 0 Å². The maximum absolute atomic E-state index is 5.28. The van der Waals surface area contributed by atoms with Crippen LogP contribution in [0.5, 0.6) is 0 Å². The number of likely N-dealkylation sites (N-methyl/N-ethyl adjacent to an activating group) is 1. The minimum absolute atomic E-state index is 0.575. The zero-order chi connectivity index (χ0) is 15.1. The average molecular weight is 314 g/mol. The summed E-state index contributed by atoms with van der Waals surface area (Å²) in [4.78, 5) is 10.8. The van der Waals surface area contributed by atoms with Gasteiger partial charge in [-0.3, -0.25) is 0 Å². The molecule has 1 fully saturated rings. The quantitative estimate of drug-likeness (QED) is 0.716. The Morgan fingerprint density at radius 2 is 1.95 bits per heavy atom. The van der Waals surface area contributed by atoms with E-state index in [0.29, 0.717) is 6.61 Å². The third kappa shape index (κ3) is 4.89. The molecule has 7 heteroatoms. The fourth-order valence-electron chi connectivity index (χ4n) is 2.27. The number of thiazole rings is 1. The van der Waals surface area contributed by atoms with Crippen molar-refractivity contribution in [3.63, 3.8) is 0 Å². The standard InChI is InChI=1S/C14H26N4O2S/c1-17-5-7-18(8-6-17)14-16-12(11-20-3)13(21-14)10-15-4-9-19-2/h15H,4-11H2,1-3H3. The minimum Gasteiger partial charge on any atom is -0.383 e. The van der Waals surface area contributed by atoms with Gasteiger partial charge >= 0.3 is 0 Å². The van der Waals surface area contributed by atoms with E-state index in [1.807, 2.05) is 0 Å². The molecule has 120 valence electrons. The maximum atomic E-state index is 5.28. The van der Waals surface area contributed by atoms with Crippen molar-refractivity contribution in [2.45, 2.75) is 13.2 Å². The van der Waals surface area contributed by atoms with Crippen LogP contribution in [-0.2, 0) is 22.6 Å². The molecule has 1 N–H and O–H groups in total. The number of nitrogens with zero attached hydrogens (tertiary/aromatic N) is 3. The fraction of sp³-hybridized carbons (Fsp3) is 0.786. The molecule has 0 atom stereocenters. The molecule has 1 aliphatic rings. The second-order valence-electron chi connectivity index (χ2n) is 5.26. The summed E-state index contributed by atoms with van der Waals surface area (Å²) >= 11 is 1.78. The molecule has 21 heavy (non-hydrogen) atoms. The molecule has 0 amide bonds. The number of methoxy groups -OCH3 is 2. The number of piperazine rings is 1. The smallest absolute Gasteiger partial charge is 0.186 e. The largest absolute Gasteiger partial charge is 0.383 e. The lowest BCUT2D eigenvalue weighted by atomic mass is 10.3. The van der Waals surface area contributed by atoms with Gasteiger partial charge in [-0.1, -0.05) is 0 Å². The molecule has 0 saturated carbocycles. The highest BCUT2D eigenvalue weighted by Crippen LogP contribution is 2.27. The normalized spacial score (nSPS) is 16.6. The Hall–Kier alpha value is -0.730. The lowest BCUT2D eigenvalue weighted by Crippen LogP contribution is -2.44. The van der Waals surface area contributed by atoms with Crippen LogP contribution in [0.25, 0.3) is 0 Å². The Labute approximate surface area is 131 Å². The van der Waals surface area contributed by atoms with Crippen LogP contribution in [0.4, 0.5) is 5.13 Å². The van der Waals surface area contributed by atoms with E-state index in [4.69, 9.17) is 14.5 Å². The van der Waals surface area contributed by atoms with E-state index in [0.717, 1.165) is 56.7 Å². The van der Waals surface area contributed by atoms with Gasteiger partial charge in [0.2, 0.25) is 0 Å². The zero-order valence-electron chi connectivity index (χ0n) is 13.2. The lowest BCUT2D eigenvalue weighted by molar-refractivity contribution is 0.181. The summed E-state index contributed by atoms with van der Waals surface area (Å²) in [7, 11) is 5.61. The summed E-state index contributed by atoms with van der Waals surface area (Å²) in [5, 5.41) is 4.51. The second-order valence-corrected chi connectivity index (χ2v) is 6.32. The Bertz CT molecular complexity index is 419. The van der Waals surface area contributed by atoms with Crippen molar-refractivity contribution in [3.8, 4) is 0 Å². The molecule has 2 heterocycles. The van der Waals surface area contributed by atoms with Crippen LogP contribution in [0.3, 0.4) is 0 Å². The van der Waals surface area contributed by atoms with Crippen molar-refractivity contribution in [3.05, 3.63) is 10.6 Å². The van der Waals surface area contributed by atoms with Crippen molar-refractivity contribution in [1.82, 2.24) is 15.2 Å². The molecule has 0 unspecified atom stereocenters. The summed E-state index contributed by atoms with van der Waals surface area (Å²) in [6.07, 6.45) is 0. The molecule has 1 aromatic heterocycles. The van der Waals surface area contributed by atoms with Crippen LogP contribution in [0, 0.1) is 0 Å². The van der Waals surface area contributed by atoms with Gasteiger partial charge < -0.3 is 24.6 Å². The predicted molar refractivity (Wildman–Crippen MR) is 86.1 cm³/mol. The first-order valence-corrected chi connectivity index (χ1v) is 8.17. The highest BCUT2D eigenvalue weighted by atomic mass is 32.1. The van der Waals surface area contributed by atoms with Crippen LogP contribution in [0.15, 0.2) is 0 Å². The van der Waals surface area contributed by atoms with Crippen molar-refractivity contribution in [1.29, 1.82) is 0 Å². The minimum atomic E-state index is 0.575. The summed E-state index contributed by atoms with van der Waals surface area (Å²) < 4.78 is 10.3. The Morgan fingerprint density at radius 3 is 2.62 bits per heavy atom. The first-order valence-electron chi connectivity index (χ1n) is 7.35. The lowest BCUT2D eigenvalue weighted by Gasteiger charge is -2.32. The third-order valence-electron chi connectivity index (χ3n) is 3.59. The number of hydrogen-bond acceptors (Lipinski definition) is 7. The van der Waals surface area contributed by atoms with Gasteiger partial charge in [0, 0.05) is 58.4 Å². The number of hydrogen-bond donors (Lipinski definition) is 1. The first-order chi connectivity index (χ1) is 10.2. The van der Waals surface area contributed by atoms with Crippen LogP contribution < -0.4 is 10.2 Å². The summed E-state index contributed by atoms with van der Waals surface area (Å²) in [6, 6.07) is 0. The van der Waals surface area contributed by atoms with E-state index in [-0.39, 0.29) is 0 Å². The molecule has 1 aromatic rings. The van der Waals surface area contributed by atoms with E-state index in [2.05, 4.69) is 22.2 Å². The fourth-order valence-corrected chi connectivity index (χ4v) is 3.35. The molecule has 1 aliphatic heterocycles. The SMILES string of the molecule is COCCNCc1sc(N2CCN(C)CC2)nc1COC. The van der Waals surface area contributed by atoms with Crippen molar-refractivity contribution in [2.75, 3.05) is 65.5 Å². The molecule has 2 rings (SSSR count). The van der Waals surface area contributed by atoms with Gasteiger partial charge in [0.05, 0.1) is 18.9 Å². The van der Waals surface area contributed by atoms with E-state index in [9.17, 15) is 0 Å². The van der Waals surface area contributed by atoms with Gasteiger partial charge in [-0.25, -0.2) is 4.98 Å². The van der Waals surface area contributed by atoms with Gasteiger partial charge in [-0.15, -0.1) is 11.3 Å². The number of ether oxygens (including phenoxy) is 2. The van der Waals surface area contributed by atoms with Crippen LogP contribution >= 0.6 is 11.3 Å². The van der Waals surface area contributed by atoms with E-state index in [1.165, 1.54) is 4.88 Å². The van der Waals surface area contributed by atoms with E-state index >= 15 is 0 Å². The molecule has 0 aromatic carbocycles. The predicted octanol–water partition coefficient (Wildman–Crippen LogP) is 0.777. The summed E-state index contributed by atoms with van der Waals surface area (Å²) in [5.74, 6) is 0. The second kappa shape index (κ2) is 8.65. The first kappa shape index (κ1) is 16.6. The highest BCUT2D eigenvalue weighted by molar-refractivity contribution is 7.15. The highest BCUT2D eigenvalue weighted by Gasteiger charge is 2.19. The Balaban J connectivity index is 1.98. The summed E-state index contributed by atoms with van der Waals surface area (Å²) in [6.45, 7) is 7.27. The van der Waals surface area contributed by atoms with Crippen LogP contribution in [0.2, 0.25) is 0 Å². The van der Waals surface area contributed by atoms with Crippen molar-refractivity contribution < 1.29 is 9.47 Å². The zero-order valence-corrected chi connectivity index (χ0v) is 14.0.